The number of rotatable bonds is 7. The number of carbonyl (C=O) groups excluding carboxylic acids is 1. The lowest BCUT2D eigenvalue weighted by atomic mass is 10.0. The first-order valence-corrected chi connectivity index (χ1v) is 12.3. The van der Waals surface area contributed by atoms with Gasteiger partial charge in [-0.05, 0) is 55.7 Å². The van der Waals surface area contributed by atoms with Crippen molar-refractivity contribution in [2.45, 2.75) is 40.2 Å². The fourth-order valence-corrected chi connectivity index (χ4v) is 4.61. The largest absolute Gasteiger partial charge is 0.328 e. The van der Waals surface area contributed by atoms with Gasteiger partial charge in [-0.2, -0.15) is 0 Å². The van der Waals surface area contributed by atoms with Crippen molar-refractivity contribution >= 4 is 28.4 Å². The first kappa shape index (κ1) is 24.7. The summed E-state index contributed by atoms with van der Waals surface area (Å²) < 4.78 is 1.66. The molecule has 6 heteroatoms. The van der Waals surface area contributed by atoms with Gasteiger partial charge < -0.3 is 4.90 Å². The second kappa shape index (κ2) is 10.4. The summed E-state index contributed by atoms with van der Waals surface area (Å²) in [7, 11) is 0. The van der Waals surface area contributed by atoms with Crippen LogP contribution in [0.25, 0.3) is 16.6 Å². The number of hydrogen-bond donors (Lipinski definition) is 0. The van der Waals surface area contributed by atoms with Crippen molar-refractivity contribution in [2.24, 2.45) is 5.92 Å². The van der Waals surface area contributed by atoms with E-state index in [9.17, 15) is 9.59 Å². The van der Waals surface area contributed by atoms with Crippen molar-refractivity contribution in [1.82, 2.24) is 14.5 Å². The molecule has 3 aromatic carbocycles. The number of aryl methyl sites for hydroxylation is 1. The Labute approximate surface area is 211 Å². The summed E-state index contributed by atoms with van der Waals surface area (Å²) in [6.45, 7) is 8.66. The smallest absolute Gasteiger partial charge is 0.266 e. The number of amides is 1. The van der Waals surface area contributed by atoms with Crippen molar-refractivity contribution in [3.8, 4) is 5.69 Å². The minimum absolute atomic E-state index is 0.150. The highest BCUT2D eigenvalue weighted by Crippen LogP contribution is 2.30. The topological polar surface area (TPSA) is 55.2 Å². The summed E-state index contributed by atoms with van der Waals surface area (Å²) in [6.07, 6.45) is 0.583. The van der Waals surface area contributed by atoms with Crippen molar-refractivity contribution in [3.05, 3.63) is 105 Å². The maximum absolute atomic E-state index is 13.8. The van der Waals surface area contributed by atoms with Crippen LogP contribution in [0.4, 0.5) is 0 Å². The van der Waals surface area contributed by atoms with E-state index in [0.29, 0.717) is 40.3 Å². The van der Waals surface area contributed by atoms with Crippen molar-refractivity contribution in [2.75, 3.05) is 6.54 Å². The van der Waals surface area contributed by atoms with E-state index in [1.165, 1.54) is 0 Å². The van der Waals surface area contributed by atoms with Gasteiger partial charge in [-0.3, -0.25) is 14.2 Å². The molecule has 0 N–H and O–H groups in total. The quantitative estimate of drug-likeness (QED) is 0.295. The van der Waals surface area contributed by atoms with Gasteiger partial charge in [-0.15, -0.1) is 0 Å². The van der Waals surface area contributed by atoms with Crippen LogP contribution in [0, 0.1) is 12.8 Å². The van der Waals surface area contributed by atoms with E-state index in [1.54, 1.807) is 22.8 Å². The van der Waals surface area contributed by atoms with Gasteiger partial charge in [-0.1, -0.05) is 74.3 Å². The van der Waals surface area contributed by atoms with Gasteiger partial charge >= 0.3 is 0 Å². The minimum atomic E-state index is -0.431. The number of nitrogens with zero attached hydrogens (tertiary/aromatic N) is 3. The Kier molecular flexibility index (Phi) is 7.37. The SMILES string of the molecule is CCC(c1nc2ccccc2c(=O)n1-c1ccc(C)cc1)N(CC(C)C)C(=O)c1ccccc1Cl. The van der Waals surface area contributed by atoms with Crippen molar-refractivity contribution < 1.29 is 4.79 Å². The van der Waals surface area contributed by atoms with E-state index in [0.717, 1.165) is 11.3 Å². The van der Waals surface area contributed by atoms with Gasteiger partial charge in [0.25, 0.3) is 11.5 Å². The molecule has 0 saturated carbocycles. The van der Waals surface area contributed by atoms with Gasteiger partial charge in [-0.25, -0.2) is 4.98 Å². The van der Waals surface area contributed by atoms with Gasteiger partial charge in [0.05, 0.1) is 33.2 Å². The molecule has 0 aliphatic rings. The second-order valence-corrected chi connectivity index (χ2v) is 9.63. The second-order valence-electron chi connectivity index (χ2n) is 9.22. The van der Waals surface area contributed by atoms with Gasteiger partial charge in [0.15, 0.2) is 0 Å². The molecule has 0 saturated heterocycles. The summed E-state index contributed by atoms with van der Waals surface area (Å²) in [4.78, 5) is 34.4. The van der Waals surface area contributed by atoms with Gasteiger partial charge in [0.1, 0.15) is 5.82 Å². The number of benzene rings is 3. The average Bonchev–Trinajstić information content (AvgIpc) is 2.84. The molecule has 0 fully saturated rings. The third-order valence-corrected chi connectivity index (χ3v) is 6.41. The molecule has 4 rings (SSSR count). The van der Waals surface area contributed by atoms with Crippen LogP contribution in [0.3, 0.4) is 0 Å². The number of hydrogen-bond acceptors (Lipinski definition) is 3. The fraction of sp³-hybridized carbons (Fsp3) is 0.276. The molecule has 5 nitrogen and oxygen atoms in total. The zero-order valence-corrected chi connectivity index (χ0v) is 21.3. The standard InChI is InChI=1S/C29H30ClN3O2/c1-5-26(32(18-19(2)3)28(34)22-10-6-8-12-24(22)30)27-31-25-13-9-7-11-23(25)29(35)33(27)21-16-14-20(4)15-17-21/h6-17,19,26H,5,18H2,1-4H3. The predicted octanol–water partition coefficient (Wildman–Crippen LogP) is 6.60. The van der Waals surface area contributed by atoms with Crippen molar-refractivity contribution in [1.29, 1.82) is 0 Å². The summed E-state index contributed by atoms with van der Waals surface area (Å²) in [6, 6.07) is 21.8. The molecule has 0 radical (unpaired) electrons. The van der Waals surface area contributed by atoms with E-state index >= 15 is 0 Å². The van der Waals surface area contributed by atoms with Crippen molar-refractivity contribution in [3.63, 3.8) is 0 Å². The maximum Gasteiger partial charge on any atom is 0.266 e. The number of aromatic nitrogens is 2. The molecule has 0 aliphatic carbocycles. The van der Waals surface area contributed by atoms with Crippen LogP contribution in [0.1, 0.15) is 55.0 Å². The number of fused-ring (bicyclic) bond motifs is 1. The van der Waals surface area contributed by atoms with Crippen LogP contribution >= 0.6 is 11.6 Å². The Hall–Kier alpha value is -3.44. The fourth-order valence-electron chi connectivity index (χ4n) is 4.39. The third kappa shape index (κ3) is 5.01. The first-order valence-electron chi connectivity index (χ1n) is 12.0. The normalized spacial score (nSPS) is 12.2. The number of halogens is 1. The van der Waals surface area contributed by atoms with E-state index < -0.39 is 6.04 Å². The van der Waals surface area contributed by atoms with E-state index in [-0.39, 0.29) is 17.4 Å². The molecule has 1 atom stereocenters. The Morgan fingerprint density at radius 1 is 1.00 bits per heavy atom. The molecule has 180 valence electrons. The molecule has 0 spiro atoms. The van der Waals surface area contributed by atoms with Crippen LogP contribution < -0.4 is 5.56 Å². The Bertz CT molecular complexity index is 1410. The average molecular weight is 488 g/mol. The molecule has 35 heavy (non-hydrogen) atoms. The molecule has 0 bridgehead atoms. The highest BCUT2D eigenvalue weighted by atomic mass is 35.5. The monoisotopic (exact) mass is 487 g/mol. The highest BCUT2D eigenvalue weighted by Gasteiger charge is 2.31. The van der Waals surface area contributed by atoms with E-state index in [2.05, 4.69) is 13.8 Å². The Morgan fingerprint density at radius 3 is 2.31 bits per heavy atom. The molecule has 1 aromatic heterocycles. The van der Waals surface area contributed by atoms with Crippen LogP contribution in [0.5, 0.6) is 0 Å². The molecule has 1 unspecified atom stereocenters. The lowest BCUT2D eigenvalue weighted by Crippen LogP contribution is -2.40. The molecule has 1 heterocycles. The lowest BCUT2D eigenvalue weighted by molar-refractivity contribution is 0.0631. The summed E-state index contributed by atoms with van der Waals surface area (Å²) in [5, 5.41) is 0.947. The minimum Gasteiger partial charge on any atom is -0.328 e. The predicted molar refractivity (Wildman–Crippen MR) is 142 cm³/mol. The van der Waals surface area contributed by atoms with E-state index in [4.69, 9.17) is 16.6 Å². The third-order valence-electron chi connectivity index (χ3n) is 6.08. The number of carbonyl (C=O) groups is 1. The van der Waals surface area contributed by atoms with Crippen LogP contribution in [-0.2, 0) is 0 Å². The highest BCUT2D eigenvalue weighted by molar-refractivity contribution is 6.33. The van der Waals surface area contributed by atoms with E-state index in [1.807, 2.05) is 73.3 Å². The zero-order valence-electron chi connectivity index (χ0n) is 20.5. The maximum atomic E-state index is 13.8. The molecular weight excluding hydrogens is 458 g/mol. The lowest BCUT2D eigenvalue weighted by Gasteiger charge is -2.34. The summed E-state index contributed by atoms with van der Waals surface area (Å²) in [5.41, 5.74) is 2.73. The van der Waals surface area contributed by atoms with Crippen LogP contribution in [0.2, 0.25) is 5.02 Å². The Morgan fingerprint density at radius 2 is 1.66 bits per heavy atom. The molecule has 1 amide bonds. The number of para-hydroxylation sites is 1. The molecular formula is C29H30ClN3O2. The summed E-state index contributed by atoms with van der Waals surface area (Å²) >= 11 is 6.42. The molecule has 0 aliphatic heterocycles. The zero-order chi connectivity index (χ0) is 25.1. The molecule has 4 aromatic rings. The summed E-state index contributed by atoms with van der Waals surface area (Å²) in [5.74, 6) is 0.575. The van der Waals surface area contributed by atoms with Crippen LogP contribution in [-0.4, -0.2) is 26.9 Å². The first-order chi connectivity index (χ1) is 16.8. The van der Waals surface area contributed by atoms with Crippen LogP contribution in [0.15, 0.2) is 77.6 Å². The van der Waals surface area contributed by atoms with Gasteiger partial charge in [0, 0.05) is 6.54 Å². The van der Waals surface area contributed by atoms with Gasteiger partial charge in [0.2, 0.25) is 0 Å². The Balaban J connectivity index is 1.97.